The molecule has 164 valence electrons. The maximum absolute atomic E-state index is 13.6. The highest BCUT2D eigenvalue weighted by atomic mass is 16.5. The molecular formula is C25H24N2O5. The van der Waals surface area contributed by atoms with Crippen molar-refractivity contribution in [3.63, 3.8) is 0 Å². The van der Waals surface area contributed by atoms with Crippen molar-refractivity contribution in [2.45, 2.75) is 44.8 Å². The van der Waals surface area contributed by atoms with Crippen LogP contribution < -0.4 is 4.90 Å². The van der Waals surface area contributed by atoms with Crippen molar-refractivity contribution in [1.82, 2.24) is 4.98 Å². The summed E-state index contributed by atoms with van der Waals surface area (Å²) in [5.74, 6) is -0.427. The number of Topliss-reactive ketones (excluding diaryl/α,β-unsaturated/α-hetero) is 1. The maximum atomic E-state index is 13.6. The van der Waals surface area contributed by atoms with E-state index in [-0.39, 0.29) is 29.5 Å². The van der Waals surface area contributed by atoms with Gasteiger partial charge < -0.3 is 9.47 Å². The number of benzene rings is 1. The van der Waals surface area contributed by atoms with Gasteiger partial charge in [0.2, 0.25) is 0 Å². The van der Waals surface area contributed by atoms with E-state index in [0.29, 0.717) is 22.5 Å². The number of rotatable bonds is 3. The molecule has 1 amide bonds. The number of esters is 1. The Morgan fingerprint density at radius 3 is 2.59 bits per heavy atom. The largest absolute Gasteiger partial charge is 0.483 e. The average Bonchev–Trinajstić information content (AvgIpc) is 3.11. The fraction of sp³-hybridized carbons (Fsp3) is 0.360. The Labute approximate surface area is 186 Å². The normalized spacial score (nSPS) is 24.7. The number of aryl methyl sites for hydroxylation is 1. The predicted octanol–water partition coefficient (Wildman–Crippen LogP) is 3.68. The van der Waals surface area contributed by atoms with E-state index in [9.17, 15) is 14.4 Å². The summed E-state index contributed by atoms with van der Waals surface area (Å²) in [6.07, 6.45) is 4.93. The Kier molecular flexibility index (Phi) is 5.04. The molecule has 5 rings (SSSR count). The zero-order valence-electron chi connectivity index (χ0n) is 18.0. The van der Waals surface area contributed by atoms with E-state index in [1.807, 2.05) is 19.1 Å². The molecule has 7 heteroatoms. The number of hydrogen-bond acceptors (Lipinski definition) is 6. The lowest BCUT2D eigenvalue weighted by Gasteiger charge is -2.35. The van der Waals surface area contributed by atoms with Gasteiger partial charge in [-0.3, -0.25) is 14.5 Å². The van der Waals surface area contributed by atoms with Crippen LogP contribution in [0.25, 0.3) is 0 Å². The number of carbonyl (C=O) groups is 3. The maximum Gasteiger partial charge on any atom is 0.337 e. The summed E-state index contributed by atoms with van der Waals surface area (Å²) in [5, 5.41) is 0. The van der Waals surface area contributed by atoms with Crippen LogP contribution in [0.2, 0.25) is 0 Å². The van der Waals surface area contributed by atoms with Gasteiger partial charge in [-0.05, 0) is 61.6 Å². The van der Waals surface area contributed by atoms with Crippen LogP contribution in [0, 0.1) is 12.8 Å². The molecule has 3 unspecified atom stereocenters. The van der Waals surface area contributed by atoms with Crippen LogP contribution in [0.5, 0.6) is 0 Å². The summed E-state index contributed by atoms with van der Waals surface area (Å²) in [7, 11) is 1.33. The molecule has 1 aromatic heterocycles. The molecule has 2 aliphatic heterocycles. The number of nitrogens with zero attached hydrogens (tertiary/aromatic N) is 2. The minimum absolute atomic E-state index is 0.0125. The summed E-state index contributed by atoms with van der Waals surface area (Å²) < 4.78 is 11.0. The molecule has 1 saturated carbocycles. The number of ketones is 1. The van der Waals surface area contributed by atoms with Crippen LogP contribution in [0.15, 0.2) is 53.9 Å². The number of aromatic nitrogens is 1. The van der Waals surface area contributed by atoms with Gasteiger partial charge in [-0.15, -0.1) is 0 Å². The van der Waals surface area contributed by atoms with Gasteiger partial charge in [-0.25, -0.2) is 9.78 Å². The van der Waals surface area contributed by atoms with Crippen molar-refractivity contribution in [3.8, 4) is 0 Å². The van der Waals surface area contributed by atoms with Crippen LogP contribution in [0.3, 0.4) is 0 Å². The Morgan fingerprint density at radius 2 is 1.88 bits per heavy atom. The number of carbonyl (C=O) groups excluding carboxylic acids is 3. The van der Waals surface area contributed by atoms with Crippen LogP contribution in [0.4, 0.5) is 5.82 Å². The highest BCUT2D eigenvalue weighted by Gasteiger charge is 2.52. The SMILES string of the molecule is COC(=O)c1ccc(C2C3=C(OC4CCCCC4C3=O)C(=O)N2c2cc(C)ccn2)cc1. The van der Waals surface area contributed by atoms with Gasteiger partial charge in [0, 0.05) is 6.20 Å². The summed E-state index contributed by atoms with van der Waals surface area (Å²) in [6.45, 7) is 1.93. The number of fused-ring (bicyclic) bond motifs is 1. The Balaban J connectivity index is 1.63. The zero-order valence-corrected chi connectivity index (χ0v) is 18.0. The second kappa shape index (κ2) is 7.89. The molecule has 1 aliphatic carbocycles. The van der Waals surface area contributed by atoms with Crippen molar-refractivity contribution in [3.05, 3.63) is 70.6 Å². The molecule has 0 radical (unpaired) electrons. The molecular weight excluding hydrogens is 408 g/mol. The Morgan fingerprint density at radius 1 is 1.12 bits per heavy atom. The lowest BCUT2D eigenvalue weighted by Crippen LogP contribution is -2.39. The average molecular weight is 432 g/mol. The van der Waals surface area contributed by atoms with Crippen molar-refractivity contribution in [1.29, 1.82) is 0 Å². The van der Waals surface area contributed by atoms with E-state index < -0.39 is 12.0 Å². The first-order valence-electron chi connectivity index (χ1n) is 10.9. The molecule has 3 atom stereocenters. The summed E-state index contributed by atoms with van der Waals surface area (Å²) in [6, 6.07) is 9.81. The van der Waals surface area contributed by atoms with Crippen LogP contribution in [-0.2, 0) is 19.1 Å². The lowest BCUT2D eigenvalue weighted by molar-refractivity contribution is -0.131. The van der Waals surface area contributed by atoms with Gasteiger partial charge in [0.15, 0.2) is 11.5 Å². The summed E-state index contributed by atoms with van der Waals surface area (Å²) in [5.41, 5.74) is 2.46. The molecule has 0 saturated heterocycles. The minimum atomic E-state index is -0.658. The lowest BCUT2D eigenvalue weighted by atomic mass is 9.77. The molecule has 3 aliphatic rings. The van der Waals surface area contributed by atoms with Gasteiger partial charge in [0.05, 0.1) is 30.2 Å². The first-order valence-corrected chi connectivity index (χ1v) is 10.9. The zero-order chi connectivity index (χ0) is 22.4. The highest BCUT2D eigenvalue weighted by molar-refractivity contribution is 6.17. The molecule has 32 heavy (non-hydrogen) atoms. The van der Waals surface area contributed by atoms with Crippen LogP contribution >= 0.6 is 0 Å². The Bertz CT molecular complexity index is 1140. The number of amides is 1. The quantitative estimate of drug-likeness (QED) is 0.688. The minimum Gasteiger partial charge on any atom is -0.483 e. The van der Waals surface area contributed by atoms with E-state index in [2.05, 4.69) is 4.98 Å². The van der Waals surface area contributed by atoms with E-state index >= 15 is 0 Å². The van der Waals surface area contributed by atoms with Crippen molar-refractivity contribution in [2.75, 3.05) is 12.0 Å². The molecule has 0 spiro atoms. The van der Waals surface area contributed by atoms with Gasteiger partial charge in [-0.2, -0.15) is 0 Å². The number of methoxy groups -OCH3 is 1. The van der Waals surface area contributed by atoms with E-state index in [1.165, 1.54) is 7.11 Å². The van der Waals surface area contributed by atoms with Gasteiger partial charge >= 0.3 is 5.97 Å². The fourth-order valence-corrected chi connectivity index (χ4v) is 4.97. The second-order valence-corrected chi connectivity index (χ2v) is 8.54. The molecule has 0 bridgehead atoms. The van der Waals surface area contributed by atoms with Crippen molar-refractivity contribution in [2.24, 2.45) is 5.92 Å². The Hall–Kier alpha value is -3.48. The molecule has 1 fully saturated rings. The van der Waals surface area contributed by atoms with Gasteiger partial charge in [-0.1, -0.05) is 18.6 Å². The van der Waals surface area contributed by atoms with Crippen LogP contribution in [0.1, 0.15) is 53.2 Å². The van der Waals surface area contributed by atoms with Gasteiger partial charge in [0.1, 0.15) is 11.9 Å². The highest BCUT2D eigenvalue weighted by Crippen LogP contribution is 2.47. The second-order valence-electron chi connectivity index (χ2n) is 8.54. The summed E-state index contributed by atoms with van der Waals surface area (Å²) >= 11 is 0. The van der Waals surface area contributed by atoms with E-state index in [0.717, 1.165) is 31.2 Å². The standard InChI is InChI=1S/C25H24N2O5/c1-14-11-12-26-19(13-14)27-21(15-7-9-16(10-8-15)25(30)31-2)20-22(28)17-5-3-4-6-18(17)32-23(20)24(27)29/h7-13,17-18,21H,3-6H2,1-2H3. The fourth-order valence-electron chi connectivity index (χ4n) is 4.97. The third-order valence-corrected chi connectivity index (χ3v) is 6.56. The van der Waals surface area contributed by atoms with Crippen molar-refractivity contribution < 1.29 is 23.9 Å². The first-order chi connectivity index (χ1) is 15.5. The number of hydrogen-bond donors (Lipinski definition) is 0. The van der Waals surface area contributed by atoms with Gasteiger partial charge in [0.25, 0.3) is 5.91 Å². The smallest absolute Gasteiger partial charge is 0.337 e. The molecule has 0 N–H and O–H groups in total. The van der Waals surface area contributed by atoms with Crippen molar-refractivity contribution >= 4 is 23.5 Å². The topological polar surface area (TPSA) is 85.8 Å². The molecule has 2 aromatic rings. The number of pyridine rings is 1. The van der Waals surface area contributed by atoms with E-state index in [1.54, 1.807) is 35.4 Å². The van der Waals surface area contributed by atoms with Crippen LogP contribution in [-0.4, -0.2) is 35.9 Å². The predicted molar refractivity (Wildman–Crippen MR) is 116 cm³/mol. The molecule has 1 aromatic carbocycles. The van der Waals surface area contributed by atoms with E-state index in [4.69, 9.17) is 9.47 Å². The third kappa shape index (κ3) is 3.20. The first kappa shape index (κ1) is 20.4. The number of anilines is 1. The summed E-state index contributed by atoms with van der Waals surface area (Å²) in [4.78, 5) is 45.0. The number of ether oxygens (including phenoxy) is 2. The monoisotopic (exact) mass is 432 g/mol. The molecule has 3 heterocycles. The molecule has 7 nitrogen and oxygen atoms in total. The third-order valence-electron chi connectivity index (χ3n) is 6.56.